The average Bonchev–Trinajstić information content (AvgIpc) is 3.31. The second-order valence-electron chi connectivity index (χ2n) is 6.59. The van der Waals surface area contributed by atoms with Crippen LogP contribution in [0.2, 0.25) is 0 Å². The molecule has 0 radical (unpaired) electrons. The van der Waals surface area contributed by atoms with Gasteiger partial charge in [-0.05, 0) is 42.3 Å². The molecule has 142 valence electrons. The van der Waals surface area contributed by atoms with E-state index in [4.69, 9.17) is 4.42 Å². The number of nitrogens with zero attached hydrogens (tertiary/aromatic N) is 1. The number of carbonyl (C=O) groups is 3. The van der Waals surface area contributed by atoms with Crippen LogP contribution in [0.25, 0.3) is 0 Å². The van der Waals surface area contributed by atoms with E-state index in [0.717, 1.165) is 5.69 Å². The second-order valence-corrected chi connectivity index (χ2v) is 6.59. The summed E-state index contributed by atoms with van der Waals surface area (Å²) in [5.74, 6) is -0.723. The van der Waals surface area contributed by atoms with E-state index >= 15 is 0 Å². The molecule has 3 N–H and O–H groups in total. The molecule has 1 saturated heterocycles. The Morgan fingerprint density at radius 1 is 1.19 bits per heavy atom. The van der Waals surface area contributed by atoms with Crippen molar-refractivity contribution in [3.63, 3.8) is 0 Å². The number of anilines is 2. The summed E-state index contributed by atoms with van der Waals surface area (Å²) >= 11 is 0. The van der Waals surface area contributed by atoms with Crippen LogP contribution in [0, 0.1) is 5.92 Å². The molecule has 1 fully saturated rings. The lowest BCUT2D eigenvalue weighted by molar-refractivity contribution is -0.118. The number of rotatable bonds is 6. The first kappa shape index (κ1) is 18.5. The van der Waals surface area contributed by atoms with E-state index in [1.165, 1.54) is 12.3 Å². The number of nitrogens with one attached hydrogen (secondary N) is 3. The molecule has 2 aromatic rings. The van der Waals surface area contributed by atoms with E-state index in [-0.39, 0.29) is 23.6 Å². The van der Waals surface area contributed by atoms with Gasteiger partial charge in [0.25, 0.3) is 5.91 Å². The molecule has 0 aliphatic carbocycles. The smallest absolute Gasteiger partial charge is 0.321 e. The highest BCUT2D eigenvalue weighted by atomic mass is 16.3. The van der Waals surface area contributed by atoms with Crippen LogP contribution in [0.1, 0.15) is 24.4 Å². The molecule has 0 spiro atoms. The third-order valence-corrected chi connectivity index (χ3v) is 4.28. The maximum absolute atomic E-state index is 12.6. The van der Waals surface area contributed by atoms with Gasteiger partial charge in [0, 0.05) is 24.5 Å². The minimum Gasteiger partial charge on any atom is -0.459 e. The summed E-state index contributed by atoms with van der Waals surface area (Å²) in [6.45, 7) is 4.92. The Morgan fingerprint density at radius 2 is 1.93 bits per heavy atom. The normalized spacial score (nSPS) is 14.8. The Hall–Kier alpha value is -3.29. The van der Waals surface area contributed by atoms with Crippen molar-refractivity contribution in [2.24, 2.45) is 5.92 Å². The van der Waals surface area contributed by atoms with Gasteiger partial charge in [0.15, 0.2) is 5.76 Å². The number of hydrogen-bond acceptors (Lipinski definition) is 4. The zero-order valence-corrected chi connectivity index (χ0v) is 15.2. The fourth-order valence-electron chi connectivity index (χ4n) is 2.82. The highest BCUT2D eigenvalue weighted by Crippen LogP contribution is 2.20. The summed E-state index contributed by atoms with van der Waals surface area (Å²) < 4.78 is 5.06. The van der Waals surface area contributed by atoms with E-state index in [0.29, 0.717) is 18.8 Å². The van der Waals surface area contributed by atoms with Crippen molar-refractivity contribution in [2.45, 2.75) is 19.9 Å². The van der Waals surface area contributed by atoms with Gasteiger partial charge in [-0.15, -0.1) is 0 Å². The lowest BCUT2D eigenvalue weighted by Gasteiger charge is -2.21. The molecule has 1 aromatic heterocycles. The molecular weight excluding hydrogens is 348 g/mol. The maximum atomic E-state index is 12.6. The molecule has 1 aliphatic heterocycles. The minimum atomic E-state index is -0.716. The molecular formula is C19H22N4O4. The molecule has 0 saturated carbocycles. The number of furan rings is 1. The average molecular weight is 370 g/mol. The number of amides is 4. The Kier molecular flexibility index (Phi) is 5.44. The van der Waals surface area contributed by atoms with Gasteiger partial charge in [0.05, 0.1) is 6.26 Å². The second kappa shape index (κ2) is 7.94. The van der Waals surface area contributed by atoms with Crippen LogP contribution in [0.4, 0.5) is 16.2 Å². The summed E-state index contributed by atoms with van der Waals surface area (Å²) in [5, 5.41) is 8.24. The molecule has 8 nitrogen and oxygen atoms in total. The van der Waals surface area contributed by atoms with Crippen LogP contribution < -0.4 is 20.9 Å². The Labute approximate surface area is 156 Å². The SMILES string of the molecule is CC(C)[C@H](NC(=O)c1ccco1)C(=O)Nc1ccc(N2CCNC2=O)cc1. The summed E-state index contributed by atoms with van der Waals surface area (Å²) in [6, 6.07) is 9.30. The Bertz CT molecular complexity index is 815. The largest absolute Gasteiger partial charge is 0.459 e. The molecule has 27 heavy (non-hydrogen) atoms. The zero-order valence-electron chi connectivity index (χ0n) is 15.2. The first-order valence-electron chi connectivity index (χ1n) is 8.76. The van der Waals surface area contributed by atoms with Crippen molar-refractivity contribution in [2.75, 3.05) is 23.3 Å². The van der Waals surface area contributed by atoms with Crippen molar-refractivity contribution in [1.29, 1.82) is 0 Å². The Morgan fingerprint density at radius 3 is 2.48 bits per heavy atom. The van der Waals surface area contributed by atoms with Gasteiger partial charge in [-0.25, -0.2) is 4.79 Å². The van der Waals surface area contributed by atoms with Crippen LogP contribution in [0.3, 0.4) is 0 Å². The summed E-state index contributed by atoms with van der Waals surface area (Å²) in [7, 11) is 0. The van der Waals surface area contributed by atoms with Crippen molar-refractivity contribution >= 4 is 29.2 Å². The van der Waals surface area contributed by atoms with Gasteiger partial charge >= 0.3 is 6.03 Å². The number of hydrogen-bond donors (Lipinski definition) is 3. The van der Waals surface area contributed by atoms with E-state index in [1.54, 1.807) is 35.2 Å². The fourth-order valence-corrected chi connectivity index (χ4v) is 2.82. The Balaban J connectivity index is 1.65. The molecule has 0 unspecified atom stereocenters. The van der Waals surface area contributed by atoms with Gasteiger partial charge in [-0.3, -0.25) is 14.5 Å². The zero-order chi connectivity index (χ0) is 19.4. The van der Waals surface area contributed by atoms with Crippen molar-refractivity contribution in [1.82, 2.24) is 10.6 Å². The molecule has 0 bridgehead atoms. The first-order valence-corrected chi connectivity index (χ1v) is 8.76. The van der Waals surface area contributed by atoms with Crippen LogP contribution in [-0.4, -0.2) is 37.0 Å². The van der Waals surface area contributed by atoms with E-state index in [1.807, 2.05) is 13.8 Å². The molecule has 4 amide bonds. The maximum Gasteiger partial charge on any atom is 0.321 e. The quantitative estimate of drug-likeness (QED) is 0.725. The molecule has 1 aliphatic rings. The van der Waals surface area contributed by atoms with Gasteiger partial charge in [-0.2, -0.15) is 0 Å². The number of urea groups is 1. The van der Waals surface area contributed by atoms with Gasteiger partial charge in [0.1, 0.15) is 6.04 Å². The van der Waals surface area contributed by atoms with E-state index in [9.17, 15) is 14.4 Å². The van der Waals surface area contributed by atoms with Crippen molar-refractivity contribution < 1.29 is 18.8 Å². The summed E-state index contributed by atoms with van der Waals surface area (Å²) in [5.41, 5.74) is 1.34. The standard InChI is InChI=1S/C19H22N4O4/c1-12(2)16(22-17(24)15-4-3-11-27-15)18(25)21-13-5-7-14(8-6-13)23-10-9-20-19(23)26/h3-8,11-12,16H,9-10H2,1-2H3,(H,20,26)(H,21,25)(H,22,24)/t16-/m0/s1. The third-order valence-electron chi connectivity index (χ3n) is 4.28. The minimum absolute atomic E-state index is 0.114. The molecule has 1 aromatic carbocycles. The van der Waals surface area contributed by atoms with Crippen LogP contribution in [0.5, 0.6) is 0 Å². The van der Waals surface area contributed by atoms with Crippen LogP contribution in [0.15, 0.2) is 47.1 Å². The van der Waals surface area contributed by atoms with E-state index in [2.05, 4.69) is 16.0 Å². The predicted octanol–water partition coefficient (Wildman–Crippen LogP) is 2.20. The molecule has 8 heteroatoms. The lowest BCUT2D eigenvalue weighted by atomic mass is 10.0. The van der Waals surface area contributed by atoms with Gasteiger partial charge < -0.3 is 20.4 Å². The predicted molar refractivity (Wildman–Crippen MR) is 101 cm³/mol. The van der Waals surface area contributed by atoms with Crippen LogP contribution in [-0.2, 0) is 4.79 Å². The van der Waals surface area contributed by atoms with E-state index < -0.39 is 11.9 Å². The number of carbonyl (C=O) groups excluding carboxylic acids is 3. The monoisotopic (exact) mass is 370 g/mol. The summed E-state index contributed by atoms with van der Waals surface area (Å²) in [6.07, 6.45) is 1.40. The molecule has 3 rings (SSSR count). The highest BCUT2D eigenvalue weighted by Gasteiger charge is 2.26. The third kappa shape index (κ3) is 4.28. The number of benzene rings is 1. The topological polar surface area (TPSA) is 104 Å². The lowest BCUT2D eigenvalue weighted by Crippen LogP contribution is -2.47. The first-order chi connectivity index (χ1) is 13.0. The molecule has 2 heterocycles. The van der Waals surface area contributed by atoms with Crippen molar-refractivity contribution in [3.05, 3.63) is 48.4 Å². The van der Waals surface area contributed by atoms with Crippen LogP contribution >= 0.6 is 0 Å². The highest BCUT2D eigenvalue weighted by molar-refractivity contribution is 6.00. The van der Waals surface area contributed by atoms with Gasteiger partial charge in [0.2, 0.25) is 5.91 Å². The van der Waals surface area contributed by atoms with Gasteiger partial charge in [-0.1, -0.05) is 13.8 Å². The fraction of sp³-hybridized carbons (Fsp3) is 0.316. The summed E-state index contributed by atoms with van der Waals surface area (Å²) in [4.78, 5) is 38.1. The van der Waals surface area contributed by atoms with Crippen molar-refractivity contribution in [3.8, 4) is 0 Å². The molecule has 1 atom stereocenters.